The minimum absolute atomic E-state index is 0. The van der Waals surface area contributed by atoms with E-state index in [2.05, 4.69) is 10.1 Å². The van der Waals surface area contributed by atoms with E-state index in [1.165, 1.54) is 14.0 Å². The van der Waals surface area contributed by atoms with Crippen molar-refractivity contribution >= 4 is 24.5 Å². The van der Waals surface area contributed by atoms with Crippen molar-refractivity contribution in [1.29, 1.82) is 0 Å². The second kappa shape index (κ2) is 7.59. The van der Waals surface area contributed by atoms with Crippen molar-refractivity contribution in [3.05, 3.63) is 0 Å². The Balaban J connectivity index is 0. The van der Waals surface area contributed by atoms with E-state index in [-0.39, 0.29) is 74.8 Å². The summed E-state index contributed by atoms with van der Waals surface area (Å²) in [4.78, 5) is 21.9. The zero-order chi connectivity index (χ0) is 10.6. The quantitative estimate of drug-likeness (QED) is 0.441. The first-order valence-electron chi connectivity index (χ1n) is 3.84. The first-order valence-corrected chi connectivity index (χ1v) is 4.25. The molecule has 0 aromatic heterocycles. The van der Waals surface area contributed by atoms with E-state index >= 15 is 0 Å². The van der Waals surface area contributed by atoms with Gasteiger partial charge in [0.05, 0.1) is 7.11 Å². The summed E-state index contributed by atoms with van der Waals surface area (Å²) < 4.78 is 3.77. The topological polar surface area (TPSA) is 55.4 Å². The molecular formula is C8H14CsNO3S. The van der Waals surface area contributed by atoms with Gasteiger partial charge >= 0.3 is 74.9 Å². The Morgan fingerprint density at radius 1 is 1.43 bits per heavy atom. The smallest absolute Gasteiger partial charge is 0.784 e. The molecule has 0 heterocycles. The van der Waals surface area contributed by atoms with Gasteiger partial charge in [0.2, 0.25) is 5.91 Å². The van der Waals surface area contributed by atoms with Gasteiger partial charge < -0.3 is 22.7 Å². The molecule has 0 aliphatic rings. The molecule has 1 amide bonds. The van der Waals surface area contributed by atoms with Crippen molar-refractivity contribution in [2.75, 3.05) is 7.11 Å². The van der Waals surface area contributed by atoms with Crippen LogP contribution >= 0.6 is 0 Å². The van der Waals surface area contributed by atoms with Crippen LogP contribution < -0.4 is 74.2 Å². The normalized spacial score (nSPS) is 12.4. The van der Waals surface area contributed by atoms with Crippen molar-refractivity contribution < 1.29 is 83.2 Å². The number of hydrogen-bond donors (Lipinski definition) is 1. The average molecular weight is 337 g/mol. The zero-order valence-electron chi connectivity index (χ0n) is 9.21. The number of carbonyl (C=O) groups excluding carboxylic acids is 2. The Labute approximate surface area is 149 Å². The average Bonchev–Trinajstić information content (AvgIpc) is 1.96. The Morgan fingerprint density at radius 2 is 1.86 bits per heavy atom. The molecule has 1 atom stereocenters. The molecule has 14 heavy (non-hydrogen) atoms. The number of rotatable bonds is 3. The molecule has 0 saturated heterocycles. The number of nitrogens with one attached hydrogen (secondary N) is 1. The fourth-order valence-corrected chi connectivity index (χ4v) is 0.993. The van der Waals surface area contributed by atoms with E-state index < -0.39 is 16.8 Å². The summed E-state index contributed by atoms with van der Waals surface area (Å²) in [5, 5.41) is 2.45. The molecular weight excluding hydrogens is 323 g/mol. The Bertz CT molecular complexity index is 215. The molecule has 0 rings (SSSR count). The Kier molecular flexibility index (Phi) is 9.61. The molecule has 0 bridgehead atoms. The molecule has 6 heteroatoms. The molecule has 0 aliphatic carbocycles. The van der Waals surface area contributed by atoms with E-state index in [4.69, 9.17) is 12.6 Å². The Morgan fingerprint density at radius 3 is 2.07 bits per heavy atom. The second-order valence-electron chi connectivity index (χ2n) is 3.26. The van der Waals surface area contributed by atoms with Gasteiger partial charge in [-0.15, -0.1) is 4.75 Å². The van der Waals surface area contributed by atoms with Crippen LogP contribution in [0, 0.1) is 0 Å². The number of ether oxygens (including phenoxy) is 1. The molecule has 0 aliphatic heterocycles. The van der Waals surface area contributed by atoms with Crippen LogP contribution in [0.1, 0.15) is 20.8 Å². The van der Waals surface area contributed by atoms with E-state index in [1.54, 1.807) is 13.8 Å². The molecule has 4 nitrogen and oxygen atoms in total. The Hall–Kier alpha value is 1.34. The fourth-order valence-electron chi connectivity index (χ4n) is 0.838. The van der Waals surface area contributed by atoms with E-state index in [0.717, 1.165) is 0 Å². The number of amides is 1. The van der Waals surface area contributed by atoms with Gasteiger partial charge in [0.15, 0.2) is 0 Å². The maximum atomic E-state index is 11.2. The zero-order valence-corrected chi connectivity index (χ0v) is 16.3. The third-order valence-corrected chi connectivity index (χ3v) is 1.72. The second-order valence-corrected chi connectivity index (χ2v) is 4.31. The molecule has 1 unspecified atom stereocenters. The largest absolute Gasteiger partial charge is 1.00 e. The summed E-state index contributed by atoms with van der Waals surface area (Å²) in [6, 6.07) is -0.773. The first kappa shape index (κ1) is 17.7. The van der Waals surface area contributed by atoms with Crippen molar-refractivity contribution in [3.63, 3.8) is 0 Å². The van der Waals surface area contributed by atoms with Gasteiger partial charge in [0.25, 0.3) is 0 Å². The molecule has 0 spiro atoms. The van der Waals surface area contributed by atoms with Crippen LogP contribution in [-0.2, 0) is 27.0 Å². The number of hydrogen-bond acceptors (Lipinski definition) is 4. The minimum Gasteiger partial charge on any atom is -0.784 e. The van der Waals surface area contributed by atoms with E-state index in [1.807, 2.05) is 0 Å². The van der Waals surface area contributed by atoms with Gasteiger partial charge in [-0.05, 0) is 0 Å². The molecule has 0 radical (unpaired) electrons. The summed E-state index contributed by atoms with van der Waals surface area (Å²) in [7, 11) is 1.26. The van der Waals surface area contributed by atoms with Crippen LogP contribution in [0.4, 0.5) is 0 Å². The summed E-state index contributed by atoms with van der Waals surface area (Å²) in [5.74, 6) is -0.816. The molecule has 0 aromatic rings. The summed E-state index contributed by atoms with van der Waals surface area (Å²) >= 11 is 5.05. The fraction of sp³-hybridized carbons (Fsp3) is 0.750. The molecule has 76 valence electrons. The molecule has 0 fully saturated rings. The molecule has 0 saturated carbocycles. The number of esters is 1. The van der Waals surface area contributed by atoms with Gasteiger partial charge in [-0.2, -0.15) is 0 Å². The molecule has 1 N–H and O–H groups in total. The monoisotopic (exact) mass is 337 g/mol. The van der Waals surface area contributed by atoms with Crippen LogP contribution in [-0.4, -0.2) is 29.8 Å². The van der Waals surface area contributed by atoms with Crippen molar-refractivity contribution in [2.45, 2.75) is 31.6 Å². The summed E-state index contributed by atoms with van der Waals surface area (Å²) in [5.41, 5.74) is 0. The maximum absolute atomic E-state index is 11.2. The van der Waals surface area contributed by atoms with Gasteiger partial charge in [0.1, 0.15) is 6.04 Å². The third kappa shape index (κ3) is 6.76. The number of methoxy groups -OCH3 is 1. The SMILES string of the molecule is COC(=O)C(NC(C)=O)C(C)(C)[S-].[Cs+]. The van der Waals surface area contributed by atoms with Crippen molar-refractivity contribution in [3.8, 4) is 0 Å². The predicted molar refractivity (Wildman–Crippen MR) is 51.1 cm³/mol. The van der Waals surface area contributed by atoms with Crippen molar-refractivity contribution in [1.82, 2.24) is 5.32 Å². The predicted octanol–water partition coefficient (Wildman–Crippen LogP) is -3.01. The van der Waals surface area contributed by atoms with Crippen molar-refractivity contribution in [2.24, 2.45) is 0 Å². The molecule has 0 aromatic carbocycles. The third-order valence-electron chi connectivity index (χ3n) is 1.48. The number of carbonyl (C=O) groups is 2. The van der Waals surface area contributed by atoms with E-state index in [9.17, 15) is 9.59 Å². The summed E-state index contributed by atoms with van der Waals surface area (Å²) in [6.07, 6.45) is 0. The van der Waals surface area contributed by atoms with Crippen LogP contribution in [0.15, 0.2) is 0 Å². The van der Waals surface area contributed by atoms with Gasteiger partial charge in [0, 0.05) is 6.92 Å². The van der Waals surface area contributed by atoms with Gasteiger partial charge in [-0.25, -0.2) is 4.79 Å². The summed E-state index contributed by atoms with van der Waals surface area (Å²) in [6.45, 7) is 4.69. The standard InChI is InChI=1S/C8H15NO3S.Cs/c1-5(10)9-6(7(11)12-4)8(2,3)13;/h6,13H,1-4H3,(H,9,10);/q;+1/p-1. The minimum atomic E-state index is -0.773. The van der Waals surface area contributed by atoms with Gasteiger partial charge in [-0.3, -0.25) is 4.79 Å². The van der Waals surface area contributed by atoms with Crippen LogP contribution in [0.5, 0.6) is 0 Å². The maximum Gasteiger partial charge on any atom is 1.00 e. The first-order chi connectivity index (χ1) is 5.79. The van der Waals surface area contributed by atoms with Crippen LogP contribution in [0.2, 0.25) is 0 Å². The van der Waals surface area contributed by atoms with Crippen LogP contribution in [0.3, 0.4) is 0 Å². The van der Waals surface area contributed by atoms with E-state index in [0.29, 0.717) is 0 Å². The van der Waals surface area contributed by atoms with Crippen LogP contribution in [0.25, 0.3) is 0 Å². The van der Waals surface area contributed by atoms with Gasteiger partial charge in [-0.1, -0.05) is 13.8 Å².